The van der Waals surface area contributed by atoms with E-state index in [-0.39, 0.29) is 29.1 Å². The summed E-state index contributed by atoms with van der Waals surface area (Å²) in [6, 6.07) is 14.6. The Morgan fingerprint density at radius 3 is 2.57 bits per heavy atom. The van der Waals surface area contributed by atoms with Crippen LogP contribution in [0.5, 0.6) is 5.75 Å². The van der Waals surface area contributed by atoms with Gasteiger partial charge < -0.3 is 15.2 Å². The molecule has 1 saturated carbocycles. The fourth-order valence-electron chi connectivity index (χ4n) is 6.51. The minimum atomic E-state index is -0.597. The lowest BCUT2D eigenvalue weighted by Gasteiger charge is -2.54. The molecule has 4 nitrogen and oxygen atoms in total. The van der Waals surface area contributed by atoms with Crippen LogP contribution in [0.2, 0.25) is 0 Å². The summed E-state index contributed by atoms with van der Waals surface area (Å²) in [4.78, 5) is 13.3. The van der Waals surface area contributed by atoms with Gasteiger partial charge in [-0.3, -0.25) is 4.79 Å². The van der Waals surface area contributed by atoms with Gasteiger partial charge in [-0.2, -0.15) is 0 Å². The van der Waals surface area contributed by atoms with Gasteiger partial charge in [-0.25, -0.2) is 0 Å². The quantitative estimate of drug-likeness (QED) is 0.432. The first kappa shape index (κ1) is 25.9. The number of hydrogen-bond acceptors (Lipinski definition) is 4. The number of aliphatic hydroxyl groups excluding tert-OH is 1. The second-order valence-electron chi connectivity index (χ2n) is 11.9. The summed E-state index contributed by atoms with van der Waals surface area (Å²) in [6.45, 7) is 12.8. The van der Waals surface area contributed by atoms with Crippen LogP contribution in [-0.4, -0.2) is 36.7 Å². The van der Waals surface area contributed by atoms with Crippen LogP contribution in [0.15, 0.2) is 42.5 Å². The van der Waals surface area contributed by atoms with E-state index in [2.05, 4.69) is 64.2 Å². The maximum absolute atomic E-state index is 13.3. The minimum Gasteiger partial charge on any atom is -0.491 e. The summed E-state index contributed by atoms with van der Waals surface area (Å²) < 4.78 is 6.25. The van der Waals surface area contributed by atoms with Gasteiger partial charge in [0.15, 0.2) is 5.78 Å². The first-order valence-corrected chi connectivity index (χ1v) is 13.4. The highest BCUT2D eigenvalue weighted by Gasteiger charge is 2.52. The molecule has 1 fully saturated rings. The van der Waals surface area contributed by atoms with Crippen molar-refractivity contribution in [2.45, 2.75) is 84.2 Å². The van der Waals surface area contributed by atoms with Gasteiger partial charge in [-0.15, -0.1) is 0 Å². The highest BCUT2D eigenvalue weighted by Crippen LogP contribution is 2.57. The highest BCUT2D eigenvalue weighted by molar-refractivity contribution is 6.00. The lowest BCUT2D eigenvalue weighted by molar-refractivity contribution is 0.0366. The zero-order valence-electron chi connectivity index (χ0n) is 22.2. The summed E-state index contributed by atoms with van der Waals surface area (Å²) in [5, 5.41) is 13.9. The summed E-state index contributed by atoms with van der Waals surface area (Å²) in [5.41, 5.74) is 4.52. The number of hydrogen-bond donors (Lipinski definition) is 2. The Hall–Kier alpha value is -2.17. The van der Waals surface area contributed by atoms with E-state index in [4.69, 9.17) is 4.74 Å². The van der Waals surface area contributed by atoms with Crippen LogP contribution < -0.4 is 10.1 Å². The minimum absolute atomic E-state index is 0.0176. The van der Waals surface area contributed by atoms with Crippen molar-refractivity contribution >= 4 is 5.78 Å². The van der Waals surface area contributed by atoms with Gasteiger partial charge in [0.05, 0.1) is 0 Å². The molecule has 4 rings (SSSR count). The number of carbonyl (C=O) groups excluding carboxylic acids is 1. The van der Waals surface area contributed by atoms with E-state index in [0.29, 0.717) is 18.9 Å². The van der Waals surface area contributed by atoms with Crippen molar-refractivity contribution in [2.75, 3.05) is 19.7 Å². The Kier molecular flexibility index (Phi) is 7.73. The standard InChI is InChI=1S/C31H43NO3/c1-21(2)24-16-25-26(31(5)14-9-13-30(3,4)29(31)18-27(25)34)17-28(24)35-20-23(33)19-32-15-12-22-10-7-6-8-11-22/h6-8,10-11,16-17,21,23,29,32-33H,9,12-15,18-20H2,1-5H3/t23?,29-,31+/m0/s1. The maximum atomic E-state index is 13.3. The molecule has 0 saturated heterocycles. The lowest BCUT2D eigenvalue weighted by Crippen LogP contribution is -2.49. The molecule has 0 heterocycles. The predicted octanol–water partition coefficient (Wildman–Crippen LogP) is 6.05. The first-order valence-electron chi connectivity index (χ1n) is 13.4. The highest BCUT2D eigenvalue weighted by atomic mass is 16.5. The molecule has 2 N–H and O–H groups in total. The molecule has 4 heteroatoms. The zero-order valence-corrected chi connectivity index (χ0v) is 22.2. The molecular weight excluding hydrogens is 434 g/mol. The lowest BCUT2D eigenvalue weighted by atomic mass is 9.50. The summed E-state index contributed by atoms with van der Waals surface area (Å²) in [5.74, 6) is 1.67. The average molecular weight is 478 g/mol. The molecule has 3 atom stereocenters. The number of Topliss-reactive ketones (excluding diaryl/α,β-unsaturated/α-hetero) is 1. The number of carbonyl (C=O) groups is 1. The SMILES string of the molecule is CC(C)c1cc2c(cc1OCC(O)CNCCc1ccccc1)[C@@]1(C)CCCC(C)(C)[C@@H]1CC2=O. The number of benzene rings is 2. The van der Waals surface area contributed by atoms with E-state index in [1.165, 1.54) is 18.4 Å². The third kappa shape index (κ3) is 5.49. The molecule has 0 spiro atoms. The Labute approximate surface area is 211 Å². The monoisotopic (exact) mass is 477 g/mol. The molecule has 190 valence electrons. The van der Waals surface area contributed by atoms with E-state index in [0.717, 1.165) is 41.8 Å². The topological polar surface area (TPSA) is 58.6 Å². The van der Waals surface area contributed by atoms with Crippen LogP contribution in [0.1, 0.15) is 93.3 Å². The first-order chi connectivity index (χ1) is 16.6. The van der Waals surface area contributed by atoms with Crippen molar-refractivity contribution in [2.24, 2.45) is 11.3 Å². The van der Waals surface area contributed by atoms with E-state index in [1.807, 2.05) is 18.2 Å². The number of ketones is 1. The second-order valence-corrected chi connectivity index (χ2v) is 11.9. The molecule has 0 aliphatic heterocycles. The smallest absolute Gasteiger partial charge is 0.163 e. The normalized spacial score (nSPS) is 24.1. The van der Waals surface area contributed by atoms with Crippen molar-refractivity contribution in [3.63, 3.8) is 0 Å². The average Bonchev–Trinajstić information content (AvgIpc) is 2.82. The molecule has 0 radical (unpaired) electrons. The van der Waals surface area contributed by atoms with Crippen LogP contribution in [0.4, 0.5) is 0 Å². The van der Waals surface area contributed by atoms with E-state index in [9.17, 15) is 9.90 Å². The number of ether oxygens (including phenoxy) is 1. The Morgan fingerprint density at radius 2 is 1.86 bits per heavy atom. The van der Waals surface area contributed by atoms with Crippen molar-refractivity contribution in [1.82, 2.24) is 5.32 Å². The van der Waals surface area contributed by atoms with Crippen LogP contribution in [-0.2, 0) is 11.8 Å². The second kappa shape index (κ2) is 10.4. The van der Waals surface area contributed by atoms with Gasteiger partial charge in [0.25, 0.3) is 0 Å². The largest absolute Gasteiger partial charge is 0.491 e. The predicted molar refractivity (Wildman–Crippen MR) is 142 cm³/mol. The molecule has 0 amide bonds. The molecule has 2 aliphatic carbocycles. The summed E-state index contributed by atoms with van der Waals surface area (Å²) in [6.07, 6.45) is 4.44. The molecule has 2 aromatic carbocycles. The number of rotatable bonds is 9. The molecular formula is C31H43NO3. The Morgan fingerprint density at radius 1 is 1.11 bits per heavy atom. The summed E-state index contributed by atoms with van der Waals surface area (Å²) >= 11 is 0. The van der Waals surface area contributed by atoms with Crippen LogP contribution >= 0.6 is 0 Å². The zero-order chi connectivity index (χ0) is 25.2. The third-order valence-electron chi connectivity index (χ3n) is 8.55. The molecule has 2 aliphatic rings. The van der Waals surface area contributed by atoms with E-state index in [1.54, 1.807) is 0 Å². The Balaban J connectivity index is 1.47. The van der Waals surface area contributed by atoms with Crippen LogP contribution in [0.3, 0.4) is 0 Å². The number of fused-ring (bicyclic) bond motifs is 3. The third-order valence-corrected chi connectivity index (χ3v) is 8.55. The Bertz CT molecular complexity index is 1030. The van der Waals surface area contributed by atoms with Crippen LogP contribution in [0.25, 0.3) is 0 Å². The maximum Gasteiger partial charge on any atom is 0.163 e. The van der Waals surface area contributed by atoms with E-state index >= 15 is 0 Å². The van der Waals surface area contributed by atoms with Gasteiger partial charge in [0, 0.05) is 18.5 Å². The van der Waals surface area contributed by atoms with Gasteiger partial charge >= 0.3 is 0 Å². The molecule has 2 aromatic rings. The molecule has 1 unspecified atom stereocenters. The van der Waals surface area contributed by atoms with Crippen molar-refractivity contribution in [3.8, 4) is 5.75 Å². The van der Waals surface area contributed by atoms with Crippen molar-refractivity contribution in [1.29, 1.82) is 0 Å². The fraction of sp³-hybridized carbons (Fsp3) is 0.581. The number of aliphatic hydroxyl groups is 1. The van der Waals surface area contributed by atoms with Gasteiger partial charge in [-0.05, 0) is 77.3 Å². The van der Waals surface area contributed by atoms with Crippen LogP contribution in [0, 0.1) is 11.3 Å². The molecule has 35 heavy (non-hydrogen) atoms. The van der Waals surface area contributed by atoms with E-state index < -0.39 is 6.10 Å². The molecule has 0 bridgehead atoms. The van der Waals surface area contributed by atoms with Gasteiger partial charge in [0.2, 0.25) is 0 Å². The number of nitrogens with one attached hydrogen (secondary N) is 1. The molecule has 0 aromatic heterocycles. The van der Waals surface area contributed by atoms with Gasteiger partial charge in [0.1, 0.15) is 18.5 Å². The van der Waals surface area contributed by atoms with Crippen molar-refractivity contribution < 1.29 is 14.6 Å². The summed E-state index contributed by atoms with van der Waals surface area (Å²) in [7, 11) is 0. The fourth-order valence-corrected chi connectivity index (χ4v) is 6.51. The van der Waals surface area contributed by atoms with Gasteiger partial charge in [-0.1, -0.05) is 71.4 Å². The van der Waals surface area contributed by atoms with Crippen molar-refractivity contribution in [3.05, 3.63) is 64.7 Å².